The molecule has 0 N–H and O–H groups in total. The molecule has 0 amide bonds. The number of methoxy groups -OCH3 is 1. The number of esters is 1. The average Bonchev–Trinajstić information content (AvgIpc) is 2.61. The third-order valence-electron chi connectivity index (χ3n) is 4.81. The van der Waals surface area contributed by atoms with E-state index in [4.69, 9.17) is 9.47 Å². The van der Waals surface area contributed by atoms with Gasteiger partial charge in [-0.05, 0) is 48.2 Å². The molecule has 0 atom stereocenters. The van der Waals surface area contributed by atoms with E-state index >= 15 is 0 Å². The van der Waals surface area contributed by atoms with Gasteiger partial charge in [-0.25, -0.2) is 4.39 Å². The minimum Gasteiger partial charge on any atom is -0.493 e. The topological polar surface area (TPSA) is 44.8 Å². The van der Waals surface area contributed by atoms with Gasteiger partial charge in [0.2, 0.25) is 0 Å². The lowest BCUT2D eigenvalue weighted by Crippen LogP contribution is -2.43. The molecule has 0 unspecified atom stereocenters. The summed E-state index contributed by atoms with van der Waals surface area (Å²) in [5.74, 6) is -0.711. The SMILES string of the molecule is COc1cc(COC(=O)C2(c3ccc(F)cc3)CCC2)ccc1OC(F)F. The molecule has 1 saturated carbocycles. The molecule has 0 spiro atoms. The Kier molecular flexibility index (Phi) is 5.58. The van der Waals surface area contributed by atoms with E-state index in [9.17, 15) is 18.0 Å². The van der Waals surface area contributed by atoms with Crippen LogP contribution in [0.15, 0.2) is 42.5 Å². The van der Waals surface area contributed by atoms with Crippen molar-refractivity contribution < 1.29 is 32.2 Å². The van der Waals surface area contributed by atoms with Crippen molar-refractivity contribution in [3.63, 3.8) is 0 Å². The molecule has 144 valence electrons. The number of rotatable bonds is 7. The quantitative estimate of drug-likeness (QED) is 0.659. The predicted molar refractivity (Wildman–Crippen MR) is 91.4 cm³/mol. The fraction of sp³-hybridized carbons (Fsp3) is 0.350. The van der Waals surface area contributed by atoms with Crippen molar-refractivity contribution in [3.05, 3.63) is 59.4 Å². The number of ether oxygens (including phenoxy) is 3. The minimum atomic E-state index is -2.96. The van der Waals surface area contributed by atoms with Crippen molar-refractivity contribution in [2.24, 2.45) is 0 Å². The summed E-state index contributed by atoms with van der Waals surface area (Å²) >= 11 is 0. The molecule has 27 heavy (non-hydrogen) atoms. The Morgan fingerprint density at radius 3 is 2.37 bits per heavy atom. The Morgan fingerprint density at radius 1 is 1.11 bits per heavy atom. The van der Waals surface area contributed by atoms with E-state index in [0.717, 1.165) is 12.0 Å². The van der Waals surface area contributed by atoms with E-state index in [2.05, 4.69) is 4.74 Å². The second-order valence-corrected chi connectivity index (χ2v) is 6.38. The van der Waals surface area contributed by atoms with Gasteiger partial charge in [0.1, 0.15) is 12.4 Å². The first-order valence-corrected chi connectivity index (χ1v) is 8.49. The largest absolute Gasteiger partial charge is 0.493 e. The van der Waals surface area contributed by atoms with E-state index in [0.29, 0.717) is 18.4 Å². The molecule has 7 heteroatoms. The zero-order chi connectivity index (χ0) is 19.4. The Bertz CT molecular complexity index is 801. The molecule has 1 aliphatic carbocycles. The van der Waals surface area contributed by atoms with Gasteiger partial charge in [-0.3, -0.25) is 4.79 Å². The van der Waals surface area contributed by atoms with Gasteiger partial charge in [0.05, 0.1) is 12.5 Å². The standard InChI is InChI=1S/C20H19F3O4/c1-25-17-11-13(3-8-16(17)27-19(22)23)12-26-18(24)20(9-2-10-20)14-4-6-15(21)7-5-14/h3-8,11,19H,2,9-10,12H2,1H3. The number of hydrogen-bond donors (Lipinski definition) is 0. The fourth-order valence-electron chi connectivity index (χ4n) is 3.19. The van der Waals surface area contributed by atoms with Crippen LogP contribution in [0.3, 0.4) is 0 Å². The molecule has 2 aromatic rings. The highest BCUT2D eigenvalue weighted by atomic mass is 19.3. The Balaban J connectivity index is 1.70. The van der Waals surface area contributed by atoms with Crippen molar-refractivity contribution >= 4 is 5.97 Å². The van der Waals surface area contributed by atoms with Crippen molar-refractivity contribution in [2.45, 2.75) is 37.9 Å². The van der Waals surface area contributed by atoms with Crippen LogP contribution >= 0.6 is 0 Å². The summed E-state index contributed by atoms with van der Waals surface area (Å²) in [5.41, 5.74) is 0.560. The first kappa shape index (κ1) is 19.1. The number of hydrogen-bond acceptors (Lipinski definition) is 4. The summed E-state index contributed by atoms with van der Waals surface area (Å²) in [4.78, 5) is 12.7. The summed E-state index contributed by atoms with van der Waals surface area (Å²) in [6.07, 6.45) is 2.17. The van der Waals surface area contributed by atoms with Gasteiger partial charge in [-0.15, -0.1) is 0 Å². The summed E-state index contributed by atoms with van der Waals surface area (Å²) in [6.45, 7) is -3.00. The Hall–Kier alpha value is -2.70. The van der Waals surface area contributed by atoms with Crippen LogP contribution in [0.4, 0.5) is 13.2 Å². The minimum absolute atomic E-state index is 0.0346. The highest BCUT2D eigenvalue weighted by Gasteiger charge is 2.47. The van der Waals surface area contributed by atoms with Gasteiger partial charge >= 0.3 is 12.6 Å². The monoisotopic (exact) mass is 380 g/mol. The second-order valence-electron chi connectivity index (χ2n) is 6.38. The fourth-order valence-corrected chi connectivity index (χ4v) is 3.19. The maximum absolute atomic E-state index is 13.2. The number of benzene rings is 2. The van der Waals surface area contributed by atoms with Gasteiger partial charge in [-0.2, -0.15) is 8.78 Å². The summed E-state index contributed by atoms with van der Waals surface area (Å²) in [7, 11) is 1.33. The molecule has 0 bridgehead atoms. The maximum atomic E-state index is 13.2. The molecule has 1 fully saturated rings. The van der Waals surface area contributed by atoms with Gasteiger partial charge in [0, 0.05) is 0 Å². The number of alkyl halides is 2. The lowest BCUT2D eigenvalue weighted by atomic mass is 9.64. The highest BCUT2D eigenvalue weighted by Crippen LogP contribution is 2.45. The molecule has 0 radical (unpaired) electrons. The van der Waals surface area contributed by atoms with Crippen molar-refractivity contribution in [1.29, 1.82) is 0 Å². The lowest BCUT2D eigenvalue weighted by molar-refractivity contribution is -0.155. The third-order valence-corrected chi connectivity index (χ3v) is 4.81. The van der Waals surface area contributed by atoms with Gasteiger partial charge < -0.3 is 14.2 Å². The van der Waals surface area contributed by atoms with Gasteiger partial charge in [0.15, 0.2) is 11.5 Å². The molecule has 0 aromatic heterocycles. The van der Waals surface area contributed by atoms with Crippen LogP contribution in [0.5, 0.6) is 11.5 Å². The maximum Gasteiger partial charge on any atom is 0.387 e. The smallest absolute Gasteiger partial charge is 0.387 e. The van der Waals surface area contributed by atoms with Crippen LogP contribution in [0.25, 0.3) is 0 Å². The zero-order valence-electron chi connectivity index (χ0n) is 14.7. The van der Waals surface area contributed by atoms with E-state index in [1.165, 1.54) is 37.4 Å². The average molecular weight is 380 g/mol. The van der Waals surface area contributed by atoms with E-state index < -0.39 is 12.0 Å². The molecule has 1 aliphatic rings. The highest BCUT2D eigenvalue weighted by molar-refractivity contribution is 5.84. The van der Waals surface area contributed by atoms with E-state index in [1.807, 2.05) is 0 Å². The Labute approximate surface area is 154 Å². The molecule has 3 rings (SSSR count). The van der Waals surface area contributed by atoms with Crippen molar-refractivity contribution in [2.75, 3.05) is 7.11 Å². The number of carbonyl (C=O) groups is 1. The lowest BCUT2D eigenvalue weighted by Gasteiger charge is -2.39. The van der Waals surface area contributed by atoms with Crippen molar-refractivity contribution in [1.82, 2.24) is 0 Å². The summed E-state index contributed by atoms with van der Waals surface area (Å²) in [5, 5.41) is 0. The van der Waals surface area contributed by atoms with Gasteiger partial charge in [-0.1, -0.05) is 24.6 Å². The van der Waals surface area contributed by atoms with Gasteiger partial charge in [0.25, 0.3) is 0 Å². The predicted octanol–water partition coefficient (Wildman–Crippen LogP) is 4.60. The molecule has 0 heterocycles. The van der Waals surface area contributed by atoms with Crippen LogP contribution in [0.2, 0.25) is 0 Å². The summed E-state index contributed by atoms with van der Waals surface area (Å²) in [6, 6.07) is 10.2. The van der Waals surface area contributed by atoms with Crippen LogP contribution in [0.1, 0.15) is 30.4 Å². The Morgan fingerprint density at radius 2 is 1.81 bits per heavy atom. The third kappa shape index (κ3) is 4.02. The molecular formula is C20H19F3O4. The molecule has 4 nitrogen and oxygen atoms in total. The molecule has 2 aromatic carbocycles. The van der Waals surface area contributed by atoms with Crippen molar-refractivity contribution in [3.8, 4) is 11.5 Å². The van der Waals surface area contributed by atoms with E-state index in [-0.39, 0.29) is 29.9 Å². The number of halogens is 3. The van der Waals surface area contributed by atoms with Crippen LogP contribution in [-0.2, 0) is 21.6 Å². The molecular weight excluding hydrogens is 361 g/mol. The van der Waals surface area contributed by atoms with Crippen LogP contribution < -0.4 is 9.47 Å². The molecule has 0 aliphatic heterocycles. The second kappa shape index (κ2) is 7.90. The molecule has 0 saturated heterocycles. The normalized spacial score (nSPS) is 15.1. The summed E-state index contributed by atoms with van der Waals surface area (Å²) < 4.78 is 52.8. The van der Waals surface area contributed by atoms with Crippen LogP contribution in [0, 0.1) is 5.82 Å². The van der Waals surface area contributed by atoms with Crippen LogP contribution in [-0.4, -0.2) is 19.7 Å². The zero-order valence-corrected chi connectivity index (χ0v) is 14.7. The van der Waals surface area contributed by atoms with E-state index in [1.54, 1.807) is 12.1 Å². The number of carbonyl (C=O) groups excluding carboxylic acids is 1. The first-order chi connectivity index (χ1) is 12.9. The first-order valence-electron chi connectivity index (χ1n) is 8.49.